The molecule has 0 amide bonds. The smallest absolute Gasteiger partial charge is 0.147 e. The van der Waals surface area contributed by atoms with Gasteiger partial charge in [0.15, 0.2) is 0 Å². The number of aliphatic hydroxyl groups excluding tert-OH is 1. The van der Waals surface area contributed by atoms with Crippen molar-refractivity contribution in [2.45, 2.75) is 6.61 Å². The lowest BCUT2D eigenvalue weighted by molar-refractivity contribution is 0.280. The molecule has 1 heterocycles. The lowest BCUT2D eigenvalue weighted by Gasteiger charge is -1.93. The average molecular weight is 227 g/mol. The van der Waals surface area contributed by atoms with E-state index in [1.165, 1.54) is 11.3 Å². The first-order valence-electron chi connectivity index (χ1n) is 3.99. The highest BCUT2D eigenvalue weighted by molar-refractivity contribution is 7.14. The molecule has 0 radical (unpaired) electrons. The summed E-state index contributed by atoms with van der Waals surface area (Å²) in [5, 5.41) is 18.7. The summed E-state index contributed by atoms with van der Waals surface area (Å²) in [6, 6.07) is 7.36. The van der Waals surface area contributed by atoms with Crippen molar-refractivity contribution in [3.8, 4) is 10.6 Å². The summed E-state index contributed by atoms with van der Waals surface area (Å²) >= 11 is 7.14. The zero-order valence-electron chi connectivity index (χ0n) is 7.14. The third kappa shape index (κ3) is 1.92. The van der Waals surface area contributed by atoms with Gasteiger partial charge in [-0.2, -0.15) is 0 Å². The van der Waals surface area contributed by atoms with E-state index >= 15 is 0 Å². The van der Waals surface area contributed by atoms with Gasteiger partial charge in [0.1, 0.15) is 10.0 Å². The molecule has 2 aromatic rings. The number of nitrogens with zero attached hydrogens (tertiary/aromatic N) is 2. The minimum atomic E-state index is -0.0642. The molecule has 0 aliphatic heterocycles. The Morgan fingerprint density at radius 1 is 1.21 bits per heavy atom. The third-order valence-corrected chi connectivity index (χ3v) is 2.90. The first kappa shape index (κ1) is 9.58. The Kier molecular flexibility index (Phi) is 2.77. The van der Waals surface area contributed by atoms with Crippen LogP contribution >= 0.6 is 22.9 Å². The molecule has 1 aromatic heterocycles. The van der Waals surface area contributed by atoms with Crippen LogP contribution in [-0.2, 0) is 6.61 Å². The van der Waals surface area contributed by atoms with E-state index in [1.54, 1.807) is 12.1 Å². The van der Waals surface area contributed by atoms with Gasteiger partial charge in [-0.1, -0.05) is 35.1 Å². The standard InChI is InChI=1S/C9H7ClN2OS/c10-7-3-1-6(2-4-7)9-12-11-8(5-13)14-9/h1-4,13H,5H2. The maximum absolute atomic E-state index is 8.83. The van der Waals surface area contributed by atoms with Crippen molar-refractivity contribution < 1.29 is 5.11 Å². The SMILES string of the molecule is OCc1nnc(-c2ccc(Cl)cc2)s1. The topological polar surface area (TPSA) is 46.0 Å². The minimum Gasteiger partial charge on any atom is -0.389 e. The quantitative estimate of drug-likeness (QED) is 0.855. The van der Waals surface area contributed by atoms with Crippen LogP contribution in [0.4, 0.5) is 0 Å². The van der Waals surface area contributed by atoms with E-state index in [4.69, 9.17) is 16.7 Å². The van der Waals surface area contributed by atoms with Crippen LogP contribution in [0, 0.1) is 0 Å². The van der Waals surface area contributed by atoms with Crippen molar-refractivity contribution in [2.24, 2.45) is 0 Å². The van der Waals surface area contributed by atoms with Gasteiger partial charge in [0.2, 0.25) is 0 Å². The summed E-state index contributed by atoms with van der Waals surface area (Å²) in [6.45, 7) is -0.0642. The molecule has 1 aromatic carbocycles. The Morgan fingerprint density at radius 3 is 2.50 bits per heavy atom. The van der Waals surface area contributed by atoms with Gasteiger partial charge in [0.05, 0.1) is 6.61 Å². The second-order valence-electron chi connectivity index (χ2n) is 2.67. The molecule has 0 unspecified atom stereocenters. The Bertz CT molecular complexity index is 427. The molecule has 0 saturated carbocycles. The molecule has 72 valence electrons. The molecule has 0 atom stereocenters. The van der Waals surface area contributed by atoms with E-state index in [0.717, 1.165) is 10.6 Å². The maximum Gasteiger partial charge on any atom is 0.147 e. The Labute approximate surface area is 90.0 Å². The van der Waals surface area contributed by atoms with Crippen LogP contribution in [0.5, 0.6) is 0 Å². The predicted molar refractivity (Wildman–Crippen MR) is 56.3 cm³/mol. The molecular weight excluding hydrogens is 220 g/mol. The van der Waals surface area contributed by atoms with Crippen molar-refractivity contribution in [3.05, 3.63) is 34.3 Å². The summed E-state index contributed by atoms with van der Waals surface area (Å²) in [5.74, 6) is 0. The normalized spacial score (nSPS) is 10.4. The number of hydrogen-bond donors (Lipinski definition) is 1. The predicted octanol–water partition coefficient (Wildman–Crippen LogP) is 2.35. The van der Waals surface area contributed by atoms with E-state index in [-0.39, 0.29) is 6.61 Å². The van der Waals surface area contributed by atoms with Crippen LogP contribution in [0.1, 0.15) is 5.01 Å². The fraction of sp³-hybridized carbons (Fsp3) is 0.111. The number of halogens is 1. The number of aromatic nitrogens is 2. The van der Waals surface area contributed by atoms with Gasteiger partial charge in [-0.3, -0.25) is 0 Å². The van der Waals surface area contributed by atoms with Crippen LogP contribution in [-0.4, -0.2) is 15.3 Å². The number of aliphatic hydroxyl groups is 1. The molecule has 5 heteroatoms. The lowest BCUT2D eigenvalue weighted by Crippen LogP contribution is -1.79. The van der Waals surface area contributed by atoms with Crippen molar-refractivity contribution in [1.29, 1.82) is 0 Å². The highest BCUT2D eigenvalue weighted by Crippen LogP contribution is 2.24. The van der Waals surface area contributed by atoms with Crippen molar-refractivity contribution in [1.82, 2.24) is 10.2 Å². The first-order chi connectivity index (χ1) is 6.79. The van der Waals surface area contributed by atoms with Gasteiger partial charge in [-0.05, 0) is 12.1 Å². The summed E-state index contributed by atoms with van der Waals surface area (Å²) in [4.78, 5) is 0. The average Bonchev–Trinajstić information content (AvgIpc) is 2.67. The van der Waals surface area contributed by atoms with E-state index < -0.39 is 0 Å². The Balaban J connectivity index is 2.34. The highest BCUT2D eigenvalue weighted by Gasteiger charge is 2.04. The van der Waals surface area contributed by atoms with Gasteiger partial charge >= 0.3 is 0 Å². The number of hydrogen-bond acceptors (Lipinski definition) is 4. The molecule has 0 bridgehead atoms. The summed E-state index contributed by atoms with van der Waals surface area (Å²) in [6.07, 6.45) is 0. The molecule has 0 fully saturated rings. The van der Waals surface area contributed by atoms with Crippen LogP contribution < -0.4 is 0 Å². The lowest BCUT2D eigenvalue weighted by atomic mass is 10.2. The number of rotatable bonds is 2. The monoisotopic (exact) mass is 226 g/mol. The second-order valence-corrected chi connectivity index (χ2v) is 4.16. The highest BCUT2D eigenvalue weighted by atomic mass is 35.5. The zero-order chi connectivity index (χ0) is 9.97. The van der Waals surface area contributed by atoms with Crippen molar-refractivity contribution >= 4 is 22.9 Å². The molecule has 1 N–H and O–H groups in total. The summed E-state index contributed by atoms with van der Waals surface area (Å²) in [7, 11) is 0. The van der Waals surface area contributed by atoms with E-state index in [0.29, 0.717) is 10.0 Å². The molecule has 0 spiro atoms. The molecule has 0 saturated heterocycles. The molecule has 3 nitrogen and oxygen atoms in total. The molecule has 2 rings (SSSR count). The first-order valence-corrected chi connectivity index (χ1v) is 5.18. The van der Waals surface area contributed by atoms with Crippen LogP contribution in [0.25, 0.3) is 10.6 Å². The van der Waals surface area contributed by atoms with Gasteiger partial charge in [-0.15, -0.1) is 10.2 Å². The van der Waals surface area contributed by atoms with Gasteiger partial charge in [0.25, 0.3) is 0 Å². The fourth-order valence-corrected chi connectivity index (χ4v) is 1.86. The molecule has 0 aliphatic rings. The Hall–Kier alpha value is -0.970. The molecule has 0 aliphatic carbocycles. The molecule has 14 heavy (non-hydrogen) atoms. The maximum atomic E-state index is 8.83. The zero-order valence-corrected chi connectivity index (χ0v) is 8.72. The largest absolute Gasteiger partial charge is 0.389 e. The van der Waals surface area contributed by atoms with Crippen molar-refractivity contribution in [3.63, 3.8) is 0 Å². The number of benzene rings is 1. The summed E-state index contributed by atoms with van der Waals surface area (Å²) < 4.78 is 0. The van der Waals surface area contributed by atoms with Gasteiger partial charge in [-0.25, -0.2) is 0 Å². The molecular formula is C9H7ClN2OS. The van der Waals surface area contributed by atoms with Crippen LogP contribution in [0.3, 0.4) is 0 Å². The van der Waals surface area contributed by atoms with E-state index in [9.17, 15) is 0 Å². The third-order valence-electron chi connectivity index (χ3n) is 1.69. The van der Waals surface area contributed by atoms with Crippen LogP contribution in [0.2, 0.25) is 5.02 Å². The van der Waals surface area contributed by atoms with Gasteiger partial charge in [0, 0.05) is 10.6 Å². The van der Waals surface area contributed by atoms with Crippen LogP contribution in [0.15, 0.2) is 24.3 Å². The minimum absolute atomic E-state index is 0.0642. The summed E-state index contributed by atoms with van der Waals surface area (Å²) in [5.41, 5.74) is 0.964. The second kappa shape index (κ2) is 4.04. The van der Waals surface area contributed by atoms with Crippen molar-refractivity contribution in [2.75, 3.05) is 0 Å². The van der Waals surface area contributed by atoms with E-state index in [2.05, 4.69) is 10.2 Å². The van der Waals surface area contributed by atoms with E-state index in [1.807, 2.05) is 12.1 Å². The Morgan fingerprint density at radius 2 is 1.93 bits per heavy atom. The van der Waals surface area contributed by atoms with Gasteiger partial charge < -0.3 is 5.11 Å². The fourth-order valence-electron chi connectivity index (χ4n) is 1.03.